The summed E-state index contributed by atoms with van der Waals surface area (Å²) in [6, 6.07) is 0. The Hall–Kier alpha value is -1.10. The molecule has 4 nitrogen and oxygen atoms in total. The van der Waals surface area contributed by atoms with Crippen molar-refractivity contribution in [2.75, 3.05) is 5.32 Å². The van der Waals surface area contributed by atoms with Crippen LogP contribution in [0.5, 0.6) is 0 Å². The molecular formula is C11H15BrN2O2. The molecule has 0 aliphatic rings. The van der Waals surface area contributed by atoms with Crippen molar-refractivity contribution in [2.24, 2.45) is 0 Å². The van der Waals surface area contributed by atoms with Crippen LogP contribution in [0.2, 0.25) is 0 Å². The van der Waals surface area contributed by atoms with Crippen LogP contribution >= 0.6 is 15.9 Å². The van der Waals surface area contributed by atoms with Gasteiger partial charge in [0, 0.05) is 12.4 Å². The van der Waals surface area contributed by atoms with Crippen LogP contribution in [0.1, 0.15) is 26.3 Å². The van der Waals surface area contributed by atoms with Crippen molar-refractivity contribution in [3.63, 3.8) is 0 Å². The number of pyridine rings is 1. The average Bonchev–Trinajstić information content (AvgIpc) is 2.08. The van der Waals surface area contributed by atoms with Gasteiger partial charge in [-0.3, -0.25) is 10.3 Å². The molecule has 0 saturated heterocycles. The minimum atomic E-state index is -0.502. The maximum Gasteiger partial charge on any atom is 0.412 e. The molecule has 0 atom stereocenters. The first kappa shape index (κ1) is 13.0. The molecule has 5 heteroatoms. The Balaban J connectivity index is 2.78. The highest BCUT2D eigenvalue weighted by atomic mass is 79.9. The van der Waals surface area contributed by atoms with Gasteiger partial charge in [0.2, 0.25) is 0 Å². The lowest BCUT2D eigenvalue weighted by Gasteiger charge is -2.20. The molecule has 0 aliphatic heterocycles. The van der Waals surface area contributed by atoms with Gasteiger partial charge in [0.15, 0.2) is 0 Å². The van der Waals surface area contributed by atoms with Gasteiger partial charge in [-0.05, 0) is 49.2 Å². The lowest BCUT2D eigenvalue weighted by atomic mass is 10.2. The van der Waals surface area contributed by atoms with Crippen LogP contribution in [0.25, 0.3) is 0 Å². The number of carbonyl (C=O) groups is 1. The minimum absolute atomic E-state index is 0.470. The monoisotopic (exact) mass is 286 g/mol. The van der Waals surface area contributed by atoms with Crippen molar-refractivity contribution < 1.29 is 9.53 Å². The van der Waals surface area contributed by atoms with E-state index < -0.39 is 11.7 Å². The number of ether oxygens (including phenoxy) is 1. The highest BCUT2D eigenvalue weighted by Gasteiger charge is 2.17. The largest absolute Gasteiger partial charge is 0.444 e. The predicted octanol–water partition coefficient (Wildman–Crippen LogP) is 3.50. The Morgan fingerprint density at radius 3 is 2.56 bits per heavy atom. The van der Waals surface area contributed by atoms with Gasteiger partial charge in [-0.2, -0.15) is 0 Å². The van der Waals surface area contributed by atoms with E-state index in [-0.39, 0.29) is 0 Å². The van der Waals surface area contributed by atoms with Gasteiger partial charge < -0.3 is 4.74 Å². The highest BCUT2D eigenvalue weighted by Crippen LogP contribution is 2.25. The molecule has 0 fully saturated rings. The number of aryl methyl sites for hydroxylation is 1. The number of rotatable bonds is 1. The van der Waals surface area contributed by atoms with Gasteiger partial charge in [0.05, 0.1) is 10.2 Å². The van der Waals surface area contributed by atoms with Crippen LogP contribution in [0.4, 0.5) is 10.5 Å². The smallest absolute Gasteiger partial charge is 0.412 e. The summed E-state index contributed by atoms with van der Waals surface area (Å²) >= 11 is 3.32. The molecule has 88 valence electrons. The zero-order valence-corrected chi connectivity index (χ0v) is 11.4. The van der Waals surface area contributed by atoms with Gasteiger partial charge in [-0.15, -0.1) is 0 Å². The summed E-state index contributed by atoms with van der Waals surface area (Å²) in [4.78, 5) is 15.5. The Labute approximate surface area is 104 Å². The summed E-state index contributed by atoms with van der Waals surface area (Å²) in [7, 11) is 0. The Bertz CT molecular complexity index is 379. The van der Waals surface area contributed by atoms with Crippen molar-refractivity contribution in [3.05, 3.63) is 22.4 Å². The second kappa shape index (κ2) is 4.82. The number of hydrogen-bond acceptors (Lipinski definition) is 3. The van der Waals surface area contributed by atoms with E-state index >= 15 is 0 Å². The summed E-state index contributed by atoms with van der Waals surface area (Å²) in [5.41, 5.74) is 1.06. The molecule has 0 bridgehead atoms. The molecule has 1 aromatic heterocycles. The molecule has 0 radical (unpaired) electrons. The van der Waals surface area contributed by atoms with Crippen LogP contribution in [-0.2, 0) is 4.74 Å². The number of hydrogen-bond donors (Lipinski definition) is 1. The van der Waals surface area contributed by atoms with Crippen molar-refractivity contribution in [3.8, 4) is 0 Å². The summed E-state index contributed by atoms with van der Waals surface area (Å²) < 4.78 is 5.89. The molecule has 1 amide bonds. The number of carbonyl (C=O) groups excluding carboxylic acids is 1. The van der Waals surface area contributed by atoms with Gasteiger partial charge in [0.25, 0.3) is 0 Å². The summed E-state index contributed by atoms with van der Waals surface area (Å²) in [5.74, 6) is 0. The molecule has 0 unspecified atom stereocenters. The fourth-order valence-electron chi connectivity index (χ4n) is 1.10. The summed E-state index contributed by atoms with van der Waals surface area (Å²) in [6.07, 6.45) is 2.83. The van der Waals surface area contributed by atoms with Crippen LogP contribution < -0.4 is 5.32 Å². The van der Waals surface area contributed by atoms with Gasteiger partial charge in [-0.1, -0.05) is 0 Å². The van der Waals surface area contributed by atoms with Gasteiger partial charge >= 0.3 is 6.09 Å². The van der Waals surface area contributed by atoms with Crippen LogP contribution in [-0.4, -0.2) is 16.7 Å². The second-order valence-corrected chi connectivity index (χ2v) is 5.29. The predicted molar refractivity (Wildman–Crippen MR) is 66.5 cm³/mol. The maximum absolute atomic E-state index is 11.6. The van der Waals surface area contributed by atoms with E-state index in [2.05, 4.69) is 26.2 Å². The molecule has 0 aliphatic carbocycles. The zero-order valence-electron chi connectivity index (χ0n) is 9.80. The molecule has 1 N–H and O–H groups in total. The normalized spacial score (nSPS) is 11.1. The van der Waals surface area contributed by atoms with E-state index in [1.54, 1.807) is 12.4 Å². The van der Waals surface area contributed by atoms with E-state index in [0.29, 0.717) is 5.69 Å². The van der Waals surface area contributed by atoms with Gasteiger partial charge in [-0.25, -0.2) is 4.79 Å². The Kier molecular flexibility index (Phi) is 3.91. The number of nitrogens with one attached hydrogen (secondary N) is 1. The fraction of sp³-hybridized carbons (Fsp3) is 0.455. The van der Waals surface area contributed by atoms with Crippen LogP contribution in [0, 0.1) is 6.92 Å². The molecule has 1 aromatic rings. The topological polar surface area (TPSA) is 51.2 Å². The fourth-order valence-corrected chi connectivity index (χ4v) is 1.63. The van der Waals surface area contributed by atoms with Crippen LogP contribution in [0.3, 0.4) is 0 Å². The number of halogens is 1. The van der Waals surface area contributed by atoms with E-state index in [4.69, 9.17) is 4.74 Å². The first-order valence-electron chi connectivity index (χ1n) is 4.90. The molecule has 0 spiro atoms. The molecular weight excluding hydrogens is 272 g/mol. The Morgan fingerprint density at radius 2 is 2.06 bits per heavy atom. The SMILES string of the molecule is Cc1cncc(Br)c1NC(=O)OC(C)(C)C. The highest BCUT2D eigenvalue weighted by molar-refractivity contribution is 9.10. The van der Waals surface area contributed by atoms with Gasteiger partial charge in [0.1, 0.15) is 5.60 Å². The van der Waals surface area contributed by atoms with E-state index in [1.807, 2.05) is 27.7 Å². The van der Waals surface area contributed by atoms with E-state index in [9.17, 15) is 4.79 Å². The van der Waals surface area contributed by atoms with Crippen molar-refractivity contribution in [1.82, 2.24) is 4.98 Å². The summed E-state index contributed by atoms with van der Waals surface area (Å²) in [6.45, 7) is 7.33. The Morgan fingerprint density at radius 1 is 1.44 bits per heavy atom. The molecule has 1 heterocycles. The van der Waals surface area contributed by atoms with Crippen molar-refractivity contribution >= 4 is 27.7 Å². The van der Waals surface area contributed by atoms with Crippen LogP contribution in [0.15, 0.2) is 16.9 Å². The molecule has 1 rings (SSSR count). The third-order valence-electron chi connectivity index (χ3n) is 1.72. The minimum Gasteiger partial charge on any atom is -0.444 e. The van der Waals surface area contributed by atoms with E-state index in [0.717, 1.165) is 10.0 Å². The lowest BCUT2D eigenvalue weighted by molar-refractivity contribution is 0.0635. The van der Waals surface area contributed by atoms with Crippen molar-refractivity contribution in [2.45, 2.75) is 33.3 Å². The van der Waals surface area contributed by atoms with E-state index in [1.165, 1.54) is 0 Å². The number of aromatic nitrogens is 1. The number of nitrogens with zero attached hydrogens (tertiary/aromatic N) is 1. The maximum atomic E-state index is 11.6. The zero-order chi connectivity index (χ0) is 12.3. The first-order chi connectivity index (χ1) is 7.29. The third kappa shape index (κ3) is 3.81. The number of anilines is 1. The number of amides is 1. The third-order valence-corrected chi connectivity index (χ3v) is 2.32. The summed E-state index contributed by atoms with van der Waals surface area (Å²) in [5, 5.41) is 2.69. The second-order valence-electron chi connectivity index (χ2n) is 4.44. The first-order valence-corrected chi connectivity index (χ1v) is 5.69. The lowest BCUT2D eigenvalue weighted by Crippen LogP contribution is -2.27. The molecule has 16 heavy (non-hydrogen) atoms. The molecule has 0 aromatic carbocycles. The van der Waals surface area contributed by atoms with Crippen molar-refractivity contribution in [1.29, 1.82) is 0 Å². The average molecular weight is 287 g/mol. The molecule has 0 saturated carbocycles. The standard InChI is InChI=1S/C11H15BrN2O2/c1-7-5-13-6-8(12)9(7)14-10(15)16-11(2,3)4/h5-6H,1-4H3,(H,13,14,15). The quantitative estimate of drug-likeness (QED) is 0.860.